The normalized spacial score (nSPS) is 11.6. The molecule has 0 amide bonds. The van der Waals surface area contributed by atoms with Crippen LogP contribution in [0.4, 0.5) is 5.82 Å². The van der Waals surface area contributed by atoms with E-state index in [0.29, 0.717) is 12.4 Å². The van der Waals surface area contributed by atoms with E-state index < -0.39 is 10.0 Å². The van der Waals surface area contributed by atoms with Gasteiger partial charge in [0.05, 0.1) is 0 Å². The highest BCUT2D eigenvalue weighted by Gasteiger charge is 2.17. The highest BCUT2D eigenvalue weighted by molar-refractivity contribution is 9.10. The van der Waals surface area contributed by atoms with Gasteiger partial charge < -0.3 is 5.32 Å². The zero-order valence-corrected chi connectivity index (χ0v) is 14.2. The summed E-state index contributed by atoms with van der Waals surface area (Å²) in [5, 5.41) is 4.81. The lowest BCUT2D eigenvalue weighted by Gasteiger charge is -2.06. The Morgan fingerprint density at radius 3 is 2.80 bits per heavy atom. The van der Waals surface area contributed by atoms with Crippen LogP contribution in [0, 0.1) is 6.92 Å². The minimum atomic E-state index is -3.58. The van der Waals surface area contributed by atoms with Crippen LogP contribution in [0.1, 0.15) is 11.1 Å². The number of rotatable bonds is 5. The molecule has 0 radical (unpaired) electrons. The summed E-state index contributed by atoms with van der Waals surface area (Å²) in [5.41, 5.74) is 1.86. The lowest BCUT2D eigenvalue weighted by Crippen LogP contribution is -2.13. The number of sulfonamides is 1. The number of nitrogens with one attached hydrogen (secondary N) is 2. The third kappa shape index (κ3) is 3.57. The largest absolute Gasteiger partial charge is 0.316 e. The van der Waals surface area contributed by atoms with Crippen molar-refractivity contribution in [2.75, 3.05) is 11.8 Å². The molecule has 0 bridgehead atoms. The minimum Gasteiger partial charge on any atom is -0.316 e. The van der Waals surface area contributed by atoms with Gasteiger partial charge in [-0.25, -0.2) is 13.4 Å². The molecule has 0 saturated carbocycles. The number of hydrogen-bond donors (Lipinski definition) is 2. The average Bonchev–Trinajstić information content (AvgIpc) is 2.83. The van der Waals surface area contributed by atoms with Crippen LogP contribution in [-0.4, -0.2) is 20.4 Å². The minimum absolute atomic E-state index is 0.283. The molecule has 20 heavy (non-hydrogen) atoms. The summed E-state index contributed by atoms with van der Waals surface area (Å²) in [6, 6.07) is 3.35. The van der Waals surface area contributed by atoms with Crippen LogP contribution in [0.3, 0.4) is 0 Å². The zero-order chi connectivity index (χ0) is 14.8. The average molecular weight is 376 g/mol. The molecule has 0 aliphatic carbocycles. The molecular formula is C12H14BrN3O2S2. The maximum Gasteiger partial charge on any atom is 0.272 e. The maximum absolute atomic E-state index is 12.2. The van der Waals surface area contributed by atoms with Crippen LogP contribution >= 0.6 is 27.3 Å². The number of aromatic nitrogens is 1. The van der Waals surface area contributed by atoms with Gasteiger partial charge in [-0.05, 0) is 58.5 Å². The number of halogens is 1. The third-order valence-corrected chi connectivity index (χ3v) is 6.23. The first-order chi connectivity index (χ1) is 9.42. The van der Waals surface area contributed by atoms with Gasteiger partial charge in [0.2, 0.25) is 0 Å². The van der Waals surface area contributed by atoms with Crippen molar-refractivity contribution in [3.63, 3.8) is 0 Å². The smallest absolute Gasteiger partial charge is 0.272 e. The van der Waals surface area contributed by atoms with Crippen LogP contribution in [0.5, 0.6) is 0 Å². The topological polar surface area (TPSA) is 71.1 Å². The molecule has 5 nitrogen and oxygen atoms in total. The lowest BCUT2D eigenvalue weighted by molar-refractivity contribution is 0.603. The fourth-order valence-electron chi connectivity index (χ4n) is 1.57. The Labute approximate surface area is 130 Å². The molecule has 0 aliphatic heterocycles. The van der Waals surface area contributed by atoms with Gasteiger partial charge in [0, 0.05) is 17.2 Å². The van der Waals surface area contributed by atoms with E-state index in [2.05, 4.69) is 31.0 Å². The highest BCUT2D eigenvalue weighted by Crippen LogP contribution is 2.24. The molecule has 108 valence electrons. The van der Waals surface area contributed by atoms with E-state index in [1.54, 1.807) is 18.3 Å². The Kier molecular flexibility index (Phi) is 4.79. The Morgan fingerprint density at radius 1 is 1.40 bits per heavy atom. The van der Waals surface area contributed by atoms with Crippen LogP contribution in [0.25, 0.3) is 0 Å². The summed E-state index contributed by atoms with van der Waals surface area (Å²) in [6.07, 6.45) is 1.58. The first-order valence-electron chi connectivity index (χ1n) is 5.79. The summed E-state index contributed by atoms with van der Waals surface area (Å²) < 4.78 is 28.1. The Hall–Kier alpha value is -0.960. The molecule has 2 heterocycles. The molecule has 0 aromatic carbocycles. The first-order valence-corrected chi connectivity index (χ1v) is 8.95. The van der Waals surface area contributed by atoms with Gasteiger partial charge in [-0.1, -0.05) is 0 Å². The van der Waals surface area contributed by atoms with E-state index >= 15 is 0 Å². The van der Waals surface area contributed by atoms with E-state index in [-0.39, 0.29) is 4.21 Å². The third-order valence-electron chi connectivity index (χ3n) is 2.56. The van der Waals surface area contributed by atoms with E-state index in [9.17, 15) is 8.42 Å². The quantitative estimate of drug-likeness (QED) is 0.842. The number of anilines is 1. The predicted molar refractivity (Wildman–Crippen MR) is 84.6 cm³/mol. The van der Waals surface area contributed by atoms with Gasteiger partial charge in [-0.3, -0.25) is 4.72 Å². The first kappa shape index (κ1) is 15.4. The molecule has 0 atom stereocenters. The molecule has 2 rings (SSSR count). The number of hydrogen-bond acceptors (Lipinski definition) is 5. The maximum atomic E-state index is 12.2. The van der Waals surface area contributed by atoms with Gasteiger partial charge in [0.25, 0.3) is 10.0 Å². The number of thiophene rings is 1. The summed E-state index contributed by atoms with van der Waals surface area (Å²) in [7, 11) is -1.76. The summed E-state index contributed by atoms with van der Waals surface area (Å²) >= 11 is 4.53. The lowest BCUT2D eigenvalue weighted by atomic mass is 10.3. The van der Waals surface area contributed by atoms with Crippen molar-refractivity contribution >= 4 is 43.1 Å². The fourth-order valence-corrected chi connectivity index (χ4v) is 4.00. The van der Waals surface area contributed by atoms with Crippen LogP contribution in [0.2, 0.25) is 0 Å². The second kappa shape index (κ2) is 6.21. The van der Waals surface area contributed by atoms with Crippen LogP contribution < -0.4 is 10.0 Å². The summed E-state index contributed by atoms with van der Waals surface area (Å²) in [4.78, 5) is 4.05. The van der Waals surface area contributed by atoms with E-state index in [4.69, 9.17) is 0 Å². The second-order valence-corrected chi connectivity index (χ2v) is 7.90. The van der Waals surface area contributed by atoms with Crippen molar-refractivity contribution < 1.29 is 8.42 Å². The second-order valence-electron chi connectivity index (χ2n) is 4.23. The van der Waals surface area contributed by atoms with Gasteiger partial charge in [-0.2, -0.15) is 0 Å². The van der Waals surface area contributed by atoms with Crippen molar-refractivity contribution in [2.45, 2.75) is 17.7 Å². The highest BCUT2D eigenvalue weighted by atomic mass is 79.9. The van der Waals surface area contributed by atoms with Crippen molar-refractivity contribution in [3.8, 4) is 0 Å². The Balaban J connectivity index is 2.23. The van der Waals surface area contributed by atoms with E-state index in [1.807, 2.05) is 19.4 Å². The van der Waals surface area contributed by atoms with Crippen molar-refractivity contribution in [1.29, 1.82) is 0 Å². The molecule has 0 saturated heterocycles. The molecule has 2 aromatic heterocycles. The van der Waals surface area contributed by atoms with Crippen LogP contribution in [0.15, 0.2) is 32.4 Å². The van der Waals surface area contributed by atoms with Crippen LogP contribution in [-0.2, 0) is 16.6 Å². The van der Waals surface area contributed by atoms with E-state index in [1.165, 1.54) is 11.3 Å². The molecule has 2 N–H and O–H groups in total. The van der Waals surface area contributed by atoms with Gasteiger partial charge in [0.15, 0.2) is 0 Å². The monoisotopic (exact) mass is 375 g/mol. The standard InChI is InChI=1S/C12H14BrN3O2S2/c1-8-3-11(15-6-10(8)13)16-20(17,18)12-4-9(5-14-2)7-19-12/h3-4,6-7,14H,5H2,1-2H3,(H,15,16). The number of aryl methyl sites for hydroxylation is 1. The molecular weight excluding hydrogens is 362 g/mol. The number of pyridine rings is 1. The molecule has 0 unspecified atom stereocenters. The predicted octanol–water partition coefficient (Wildman–Crippen LogP) is 2.73. The summed E-state index contributed by atoms with van der Waals surface area (Å²) in [5.74, 6) is 0.314. The summed E-state index contributed by atoms with van der Waals surface area (Å²) in [6.45, 7) is 2.52. The van der Waals surface area contributed by atoms with Crippen molar-refractivity contribution in [3.05, 3.63) is 39.3 Å². The zero-order valence-electron chi connectivity index (χ0n) is 11.0. The molecule has 0 aliphatic rings. The van der Waals surface area contributed by atoms with E-state index in [0.717, 1.165) is 15.6 Å². The van der Waals surface area contributed by atoms with Gasteiger partial charge in [-0.15, -0.1) is 11.3 Å². The SMILES string of the molecule is CNCc1csc(S(=O)(=O)Nc2cc(C)c(Br)cn2)c1. The Bertz CT molecular complexity index is 713. The van der Waals surface area contributed by atoms with Gasteiger partial charge in [0.1, 0.15) is 10.0 Å². The van der Waals surface area contributed by atoms with Crippen molar-refractivity contribution in [1.82, 2.24) is 10.3 Å². The molecule has 0 fully saturated rings. The van der Waals surface area contributed by atoms with Crippen molar-refractivity contribution in [2.24, 2.45) is 0 Å². The molecule has 2 aromatic rings. The fraction of sp³-hybridized carbons (Fsp3) is 0.250. The number of nitrogens with zero attached hydrogens (tertiary/aromatic N) is 1. The van der Waals surface area contributed by atoms with Gasteiger partial charge >= 0.3 is 0 Å². The molecule has 0 spiro atoms. The Morgan fingerprint density at radius 2 is 2.15 bits per heavy atom. The molecule has 8 heteroatoms.